The smallest absolute Gasteiger partial charge is 0.126 e. The molecule has 0 bridgehead atoms. The number of thiophene rings is 1. The van der Waals surface area contributed by atoms with Crippen LogP contribution in [0.15, 0.2) is 29.6 Å². The molecule has 0 aliphatic heterocycles. The maximum Gasteiger partial charge on any atom is 0.126 e. The van der Waals surface area contributed by atoms with Crippen LogP contribution >= 0.6 is 11.3 Å². The third kappa shape index (κ3) is 2.00. The monoisotopic (exact) mass is 268 g/mol. The van der Waals surface area contributed by atoms with E-state index in [0.717, 1.165) is 21.6 Å². The van der Waals surface area contributed by atoms with Crippen LogP contribution < -0.4 is 5.73 Å². The predicted octanol–water partition coefficient (Wildman–Crippen LogP) is 4.47. The van der Waals surface area contributed by atoms with E-state index in [2.05, 4.69) is 42.4 Å². The summed E-state index contributed by atoms with van der Waals surface area (Å²) in [5.74, 6) is 0. The standard InChI is InChI=1S/C16H16N2S/c1-9-4-5-12(6-10(9)2)13-8-19-16-15(13)14(17)7-11(3)18-16/h4-8H,1-3H3,(H2,17,18). The third-order valence-corrected chi connectivity index (χ3v) is 4.39. The number of nitrogen functional groups attached to an aromatic ring is 1. The van der Waals surface area contributed by atoms with Crippen LogP contribution in [-0.2, 0) is 0 Å². The Morgan fingerprint density at radius 1 is 1.05 bits per heavy atom. The van der Waals surface area contributed by atoms with Gasteiger partial charge in [0.05, 0.1) is 0 Å². The van der Waals surface area contributed by atoms with Crippen molar-refractivity contribution >= 4 is 27.2 Å². The van der Waals surface area contributed by atoms with E-state index in [-0.39, 0.29) is 0 Å². The van der Waals surface area contributed by atoms with Gasteiger partial charge in [-0.2, -0.15) is 0 Å². The number of rotatable bonds is 1. The first-order valence-electron chi connectivity index (χ1n) is 6.28. The summed E-state index contributed by atoms with van der Waals surface area (Å²) in [6.07, 6.45) is 0. The SMILES string of the molecule is Cc1cc(N)c2c(-c3ccc(C)c(C)c3)csc2n1. The molecule has 0 unspecified atom stereocenters. The fraction of sp³-hybridized carbons (Fsp3) is 0.188. The van der Waals surface area contributed by atoms with Crippen molar-refractivity contribution in [2.75, 3.05) is 5.73 Å². The van der Waals surface area contributed by atoms with Crippen LogP contribution in [0.25, 0.3) is 21.3 Å². The van der Waals surface area contributed by atoms with E-state index in [4.69, 9.17) is 5.73 Å². The maximum atomic E-state index is 6.17. The molecule has 3 rings (SSSR count). The lowest BCUT2D eigenvalue weighted by Gasteiger charge is -2.06. The molecule has 0 radical (unpaired) electrons. The molecule has 2 nitrogen and oxygen atoms in total. The Labute approximate surface area is 116 Å². The van der Waals surface area contributed by atoms with Crippen LogP contribution in [0.4, 0.5) is 5.69 Å². The van der Waals surface area contributed by atoms with Crippen LogP contribution in [-0.4, -0.2) is 4.98 Å². The van der Waals surface area contributed by atoms with Crippen LogP contribution in [0, 0.1) is 20.8 Å². The van der Waals surface area contributed by atoms with Gasteiger partial charge in [0.15, 0.2) is 0 Å². The lowest BCUT2D eigenvalue weighted by atomic mass is 10.00. The van der Waals surface area contributed by atoms with Crippen LogP contribution in [0.5, 0.6) is 0 Å². The number of hydrogen-bond acceptors (Lipinski definition) is 3. The zero-order chi connectivity index (χ0) is 13.6. The molecule has 3 aromatic rings. The second kappa shape index (κ2) is 4.35. The molecule has 3 heteroatoms. The van der Waals surface area contributed by atoms with Crippen LogP contribution in [0.3, 0.4) is 0 Å². The molecule has 2 heterocycles. The van der Waals surface area contributed by atoms with Crippen molar-refractivity contribution in [2.45, 2.75) is 20.8 Å². The minimum absolute atomic E-state index is 0.817. The minimum atomic E-state index is 0.817. The number of fused-ring (bicyclic) bond motifs is 1. The van der Waals surface area contributed by atoms with Crippen molar-refractivity contribution in [1.82, 2.24) is 4.98 Å². The number of anilines is 1. The molecular weight excluding hydrogens is 252 g/mol. The first-order valence-corrected chi connectivity index (χ1v) is 7.16. The average Bonchev–Trinajstić information content (AvgIpc) is 2.76. The van der Waals surface area contributed by atoms with E-state index in [1.165, 1.54) is 22.3 Å². The molecule has 0 amide bonds. The average molecular weight is 268 g/mol. The Balaban J connectivity index is 2.28. The highest BCUT2D eigenvalue weighted by molar-refractivity contribution is 7.17. The van der Waals surface area contributed by atoms with E-state index >= 15 is 0 Å². The molecule has 0 saturated carbocycles. The van der Waals surface area contributed by atoms with Gasteiger partial charge in [0.25, 0.3) is 0 Å². The number of nitrogens with zero attached hydrogens (tertiary/aromatic N) is 1. The minimum Gasteiger partial charge on any atom is -0.398 e. The summed E-state index contributed by atoms with van der Waals surface area (Å²) >= 11 is 1.66. The summed E-state index contributed by atoms with van der Waals surface area (Å²) in [5, 5.41) is 3.23. The van der Waals surface area contributed by atoms with Gasteiger partial charge in [-0.25, -0.2) is 4.98 Å². The van der Waals surface area contributed by atoms with Crippen LogP contribution in [0.2, 0.25) is 0 Å². The molecular formula is C16H16N2S. The zero-order valence-electron chi connectivity index (χ0n) is 11.3. The Kier molecular flexibility index (Phi) is 2.79. The zero-order valence-corrected chi connectivity index (χ0v) is 12.1. The van der Waals surface area contributed by atoms with E-state index in [0.29, 0.717) is 0 Å². The Bertz CT molecular complexity index is 772. The van der Waals surface area contributed by atoms with Gasteiger partial charge in [0.2, 0.25) is 0 Å². The number of benzene rings is 1. The molecule has 0 spiro atoms. The van der Waals surface area contributed by atoms with Crippen molar-refractivity contribution < 1.29 is 0 Å². The van der Waals surface area contributed by atoms with Crippen molar-refractivity contribution in [1.29, 1.82) is 0 Å². The summed E-state index contributed by atoms with van der Waals surface area (Å²) in [6, 6.07) is 8.48. The number of hydrogen-bond donors (Lipinski definition) is 1. The molecule has 96 valence electrons. The summed E-state index contributed by atoms with van der Waals surface area (Å²) in [5.41, 5.74) is 13.0. The number of nitrogens with two attached hydrogens (primary N) is 1. The second-order valence-electron chi connectivity index (χ2n) is 4.98. The van der Waals surface area contributed by atoms with Crippen LogP contribution in [0.1, 0.15) is 16.8 Å². The second-order valence-corrected chi connectivity index (χ2v) is 5.84. The first kappa shape index (κ1) is 12.2. The van der Waals surface area contributed by atoms with Gasteiger partial charge in [-0.15, -0.1) is 11.3 Å². The topological polar surface area (TPSA) is 38.9 Å². The van der Waals surface area contributed by atoms with Gasteiger partial charge in [0.1, 0.15) is 4.83 Å². The van der Waals surface area contributed by atoms with E-state index in [1.54, 1.807) is 11.3 Å². The lowest BCUT2D eigenvalue weighted by Crippen LogP contribution is -1.91. The lowest BCUT2D eigenvalue weighted by molar-refractivity contribution is 1.27. The first-order chi connectivity index (χ1) is 9.06. The van der Waals surface area contributed by atoms with Gasteiger partial charge < -0.3 is 5.73 Å². The number of pyridine rings is 1. The normalized spacial score (nSPS) is 11.1. The van der Waals surface area contributed by atoms with E-state index in [9.17, 15) is 0 Å². The molecule has 0 saturated heterocycles. The van der Waals surface area contributed by atoms with Gasteiger partial charge in [-0.1, -0.05) is 18.2 Å². The highest BCUT2D eigenvalue weighted by Gasteiger charge is 2.11. The van der Waals surface area contributed by atoms with Gasteiger partial charge in [-0.3, -0.25) is 0 Å². The largest absolute Gasteiger partial charge is 0.398 e. The highest BCUT2D eigenvalue weighted by Crippen LogP contribution is 2.37. The summed E-state index contributed by atoms with van der Waals surface area (Å²) < 4.78 is 0. The molecule has 2 aromatic heterocycles. The molecule has 0 fully saturated rings. The third-order valence-electron chi connectivity index (χ3n) is 3.52. The predicted molar refractivity (Wildman–Crippen MR) is 83.7 cm³/mol. The quantitative estimate of drug-likeness (QED) is 0.707. The molecule has 0 aliphatic rings. The van der Waals surface area contributed by atoms with Crippen molar-refractivity contribution in [2.24, 2.45) is 0 Å². The van der Waals surface area contributed by atoms with Gasteiger partial charge >= 0.3 is 0 Å². The fourth-order valence-corrected chi connectivity index (χ4v) is 3.35. The Hall–Kier alpha value is -1.87. The molecule has 0 aliphatic carbocycles. The summed E-state index contributed by atoms with van der Waals surface area (Å²) in [4.78, 5) is 5.58. The summed E-state index contributed by atoms with van der Waals surface area (Å²) in [6.45, 7) is 6.24. The molecule has 1 aromatic carbocycles. The molecule has 2 N–H and O–H groups in total. The Morgan fingerprint density at radius 3 is 2.58 bits per heavy atom. The van der Waals surface area contributed by atoms with Crippen molar-refractivity contribution in [3.05, 3.63) is 46.5 Å². The number of aryl methyl sites for hydroxylation is 3. The van der Waals surface area contributed by atoms with E-state index < -0.39 is 0 Å². The fourth-order valence-electron chi connectivity index (χ4n) is 2.32. The molecule has 0 atom stereocenters. The summed E-state index contributed by atoms with van der Waals surface area (Å²) in [7, 11) is 0. The van der Waals surface area contributed by atoms with Gasteiger partial charge in [-0.05, 0) is 43.5 Å². The van der Waals surface area contributed by atoms with E-state index in [1.807, 2.05) is 13.0 Å². The van der Waals surface area contributed by atoms with Crippen molar-refractivity contribution in [3.8, 4) is 11.1 Å². The molecule has 19 heavy (non-hydrogen) atoms. The highest BCUT2D eigenvalue weighted by atomic mass is 32.1. The number of aromatic nitrogens is 1. The van der Waals surface area contributed by atoms with Crippen molar-refractivity contribution in [3.63, 3.8) is 0 Å². The van der Waals surface area contributed by atoms with Gasteiger partial charge in [0, 0.05) is 27.7 Å². The maximum absolute atomic E-state index is 6.17. The Morgan fingerprint density at radius 2 is 1.84 bits per heavy atom.